The molecule has 0 aliphatic rings. The van der Waals surface area contributed by atoms with Crippen molar-refractivity contribution in [1.82, 2.24) is 0 Å². The smallest absolute Gasteiger partial charge is 0.269 e. The standard InChI is InChI=1S/C21H18ClN3O4/c22-16-6-11-20(29-14-21(26)24-18-4-2-1-3-5-18)15(12-16)13-23-17-7-9-19(10-8-17)25(27)28/h1-12,23H,13-14H2,(H,24,26). The number of amides is 1. The molecule has 0 fully saturated rings. The average Bonchev–Trinajstić information content (AvgIpc) is 2.72. The monoisotopic (exact) mass is 411 g/mol. The van der Waals surface area contributed by atoms with E-state index in [0.717, 1.165) is 5.56 Å². The van der Waals surface area contributed by atoms with E-state index >= 15 is 0 Å². The number of non-ortho nitro benzene ring substituents is 1. The zero-order chi connectivity index (χ0) is 20.6. The molecule has 8 heteroatoms. The third kappa shape index (κ3) is 5.95. The fourth-order valence-corrected chi connectivity index (χ4v) is 2.78. The van der Waals surface area contributed by atoms with Gasteiger partial charge in [-0.2, -0.15) is 0 Å². The van der Waals surface area contributed by atoms with Crippen LogP contribution in [0.25, 0.3) is 0 Å². The van der Waals surface area contributed by atoms with Gasteiger partial charge in [-0.25, -0.2) is 0 Å². The Morgan fingerprint density at radius 1 is 1.00 bits per heavy atom. The van der Waals surface area contributed by atoms with E-state index in [4.69, 9.17) is 16.3 Å². The number of halogens is 1. The van der Waals surface area contributed by atoms with Crippen LogP contribution in [0, 0.1) is 10.1 Å². The fourth-order valence-electron chi connectivity index (χ4n) is 2.59. The summed E-state index contributed by atoms with van der Waals surface area (Å²) < 4.78 is 5.67. The molecule has 0 aliphatic carbocycles. The minimum absolute atomic E-state index is 0.0201. The number of nitrogens with zero attached hydrogens (tertiary/aromatic N) is 1. The Kier molecular flexibility index (Phi) is 6.65. The summed E-state index contributed by atoms with van der Waals surface area (Å²) in [5, 5.41) is 17.2. The Balaban J connectivity index is 1.61. The Labute approximate surface area is 172 Å². The molecule has 0 aromatic heterocycles. The normalized spacial score (nSPS) is 10.2. The molecule has 0 spiro atoms. The van der Waals surface area contributed by atoms with E-state index < -0.39 is 4.92 Å². The third-order valence-corrected chi connectivity index (χ3v) is 4.24. The first-order chi connectivity index (χ1) is 14.0. The second-order valence-corrected chi connectivity index (χ2v) is 6.55. The molecule has 0 bridgehead atoms. The van der Waals surface area contributed by atoms with E-state index in [2.05, 4.69) is 10.6 Å². The first kappa shape index (κ1) is 20.2. The zero-order valence-electron chi connectivity index (χ0n) is 15.3. The van der Waals surface area contributed by atoms with Crippen LogP contribution in [-0.4, -0.2) is 17.4 Å². The molecule has 7 nitrogen and oxygen atoms in total. The number of anilines is 2. The Morgan fingerprint density at radius 3 is 2.41 bits per heavy atom. The summed E-state index contributed by atoms with van der Waals surface area (Å²) in [6.45, 7) is 0.217. The number of benzene rings is 3. The van der Waals surface area contributed by atoms with E-state index in [1.165, 1.54) is 12.1 Å². The van der Waals surface area contributed by atoms with Crippen LogP contribution in [0.2, 0.25) is 5.02 Å². The van der Waals surface area contributed by atoms with Crippen LogP contribution in [0.1, 0.15) is 5.56 Å². The minimum atomic E-state index is -0.451. The number of hydrogen-bond donors (Lipinski definition) is 2. The number of nitrogens with one attached hydrogen (secondary N) is 2. The average molecular weight is 412 g/mol. The van der Waals surface area contributed by atoms with Crippen molar-refractivity contribution in [2.24, 2.45) is 0 Å². The molecule has 0 saturated heterocycles. The highest BCUT2D eigenvalue weighted by molar-refractivity contribution is 6.30. The van der Waals surface area contributed by atoms with Gasteiger partial charge >= 0.3 is 0 Å². The number of rotatable bonds is 8. The molecule has 3 aromatic rings. The molecule has 0 atom stereocenters. The maximum absolute atomic E-state index is 12.1. The summed E-state index contributed by atoms with van der Waals surface area (Å²) in [6, 6.07) is 20.3. The van der Waals surface area contributed by atoms with Crippen molar-refractivity contribution in [3.8, 4) is 5.75 Å². The van der Waals surface area contributed by atoms with Gasteiger partial charge in [-0.05, 0) is 42.5 Å². The Morgan fingerprint density at radius 2 is 1.72 bits per heavy atom. The first-order valence-corrected chi connectivity index (χ1v) is 9.13. The molecule has 0 saturated carbocycles. The first-order valence-electron chi connectivity index (χ1n) is 8.76. The fraction of sp³-hybridized carbons (Fsp3) is 0.0952. The van der Waals surface area contributed by atoms with E-state index in [-0.39, 0.29) is 18.2 Å². The van der Waals surface area contributed by atoms with E-state index in [1.54, 1.807) is 42.5 Å². The highest BCUT2D eigenvalue weighted by atomic mass is 35.5. The van der Waals surface area contributed by atoms with Crippen molar-refractivity contribution in [2.75, 3.05) is 17.2 Å². The van der Waals surface area contributed by atoms with Crippen LogP contribution in [0.15, 0.2) is 72.8 Å². The molecule has 148 valence electrons. The quantitative estimate of drug-likeness (QED) is 0.407. The van der Waals surface area contributed by atoms with Crippen molar-refractivity contribution in [3.63, 3.8) is 0 Å². The second-order valence-electron chi connectivity index (χ2n) is 6.11. The summed E-state index contributed by atoms with van der Waals surface area (Å²) in [7, 11) is 0. The molecular weight excluding hydrogens is 394 g/mol. The number of carbonyl (C=O) groups is 1. The lowest BCUT2D eigenvalue weighted by Crippen LogP contribution is -2.20. The second kappa shape index (κ2) is 9.57. The largest absolute Gasteiger partial charge is 0.483 e. The molecule has 0 aliphatic heterocycles. The van der Waals surface area contributed by atoms with Crippen LogP contribution in [-0.2, 0) is 11.3 Å². The summed E-state index contributed by atoms with van der Waals surface area (Å²) >= 11 is 6.09. The topological polar surface area (TPSA) is 93.5 Å². The van der Waals surface area contributed by atoms with Gasteiger partial charge in [0.25, 0.3) is 11.6 Å². The van der Waals surface area contributed by atoms with Crippen LogP contribution < -0.4 is 15.4 Å². The van der Waals surface area contributed by atoms with Gasteiger partial charge in [-0.1, -0.05) is 29.8 Å². The van der Waals surface area contributed by atoms with Gasteiger partial charge in [-0.3, -0.25) is 14.9 Å². The molecular formula is C21H18ClN3O4. The molecule has 0 unspecified atom stereocenters. The number of para-hydroxylation sites is 1. The van der Waals surface area contributed by atoms with Gasteiger partial charge in [0, 0.05) is 40.6 Å². The van der Waals surface area contributed by atoms with Crippen molar-refractivity contribution >= 4 is 34.6 Å². The lowest BCUT2D eigenvalue weighted by molar-refractivity contribution is -0.384. The summed E-state index contributed by atoms with van der Waals surface area (Å²) in [5.74, 6) is 0.243. The molecule has 1 amide bonds. The number of nitro benzene ring substituents is 1. The van der Waals surface area contributed by atoms with Gasteiger partial charge in [0.2, 0.25) is 0 Å². The lowest BCUT2D eigenvalue weighted by Gasteiger charge is -2.13. The SMILES string of the molecule is O=C(COc1ccc(Cl)cc1CNc1ccc([N+](=O)[O-])cc1)Nc1ccccc1. The maximum Gasteiger partial charge on any atom is 0.269 e. The van der Waals surface area contributed by atoms with Gasteiger partial charge in [0.05, 0.1) is 4.92 Å². The van der Waals surface area contributed by atoms with Crippen LogP contribution in [0.3, 0.4) is 0 Å². The number of carbonyl (C=O) groups excluding carboxylic acids is 1. The summed E-state index contributed by atoms with van der Waals surface area (Å²) in [5.41, 5.74) is 2.18. The molecule has 29 heavy (non-hydrogen) atoms. The maximum atomic E-state index is 12.1. The Hall–Kier alpha value is -3.58. The molecule has 3 rings (SSSR count). The van der Waals surface area contributed by atoms with E-state index in [9.17, 15) is 14.9 Å². The summed E-state index contributed by atoms with van der Waals surface area (Å²) in [6.07, 6.45) is 0. The van der Waals surface area contributed by atoms with Gasteiger partial charge in [0.15, 0.2) is 6.61 Å². The molecule has 2 N–H and O–H groups in total. The molecule has 3 aromatic carbocycles. The zero-order valence-corrected chi connectivity index (χ0v) is 16.1. The van der Waals surface area contributed by atoms with Crippen molar-refractivity contribution < 1.29 is 14.5 Å². The lowest BCUT2D eigenvalue weighted by atomic mass is 10.2. The van der Waals surface area contributed by atoms with Crippen molar-refractivity contribution in [2.45, 2.75) is 6.54 Å². The van der Waals surface area contributed by atoms with Crippen LogP contribution in [0.5, 0.6) is 5.75 Å². The highest BCUT2D eigenvalue weighted by Crippen LogP contribution is 2.25. The van der Waals surface area contributed by atoms with E-state index in [1.807, 2.05) is 18.2 Å². The number of nitro groups is 1. The third-order valence-electron chi connectivity index (χ3n) is 4.00. The van der Waals surface area contributed by atoms with Gasteiger partial charge in [-0.15, -0.1) is 0 Å². The molecule has 0 radical (unpaired) electrons. The van der Waals surface area contributed by atoms with E-state index in [0.29, 0.717) is 28.7 Å². The highest BCUT2D eigenvalue weighted by Gasteiger charge is 2.09. The summed E-state index contributed by atoms with van der Waals surface area (Å²) in [4.78, 5) is 22.4. The van der Waals surface area contributed by atoms with Crippen molar-refractivity contribution in [1.29, 1.82) is 0 Å². The minimum Gasteiger partial charge on any atom is -0.483 e. The van der Waals surface area contributed by atoms with Gasteiger partial charge in [0.1, 0.15) is 5.75 Å². The predicted octanol–water partition coefficient (Wildman–Crippen LogP) is 4.88. The van der Waals surface area contributed by atoms with Gasteiger partial charge < -0.3 is 15.4 Å². The van der Waals surface area contributed by atoms with Crippen molar-refractivity contribution in [3.05, 3.63) is 93.5 Å². The van der Waals surface area contributed by atoms with Crippen LogP contribution in [0.4, 0.5) is 17.1 Å². The van der Waals surface area contributed by atoms with Crippen LogP contribution >= 0.6 is 11.6 Å². The Bertz CT molecular complexity index is 995. The number of hydrogen-bond acceptors (Lipinski definition) is 5. The molecule has 0 heterocycles. The predicted molar refractivity (Wildman–Crippen MR) is 112 cm³/mol. The number of ether oxygens (including phenoxy) is 1.